The van der Waals surface area contributed by atoms with Gasteiger partial charge in [0.1, 0.15) is 5.82 Å². The van der Waals surface area contributed by atoms with Crippen molar-refractivity contribution < 1.29 is 4.79 Å². The number of Topliss-reactive ketones (excluding diaryl/α,β-unsaturated/α-hetero) is 1. The minimum atomic E-state index is -0.414. The number of benzene rings is 2. The fraction of sp³-hybridized carbons (Fsp3) is 0.267. The number of carbonyl (C=O) groups is 1. The first-order valence-electron chi connectivity index (χ1n) is 12.9. The van der Waals surface area contributed by atoms with Crippen LogP contribution in [0, 0.1) is 0 Å². The van der Waals surface area contributed by atoms with Gasteiger partial charge in [0.25, 0.3) is 5.56 Å². The molecule has 1 aliphatic heterocycles. The number of aromatic nitrogens is 2. The van der Waals surface area contributed by atoms with Crippen molar-refractivity contribution >= 4 is 28.6 Å². The summed E-state index contributed by atoms with van der Waals surface area (Å²) in [5, 5.41) is 8.85. The lowest BCUT2D eigenvalue weighted by molar-refractivity contribution is -0.116. The molecule has 0 amide bonds. The Labute approximate surface area is 220 Å². The number of nitrogens with one attached hydrogen (secondary N) is 2. The molecule has 2 aromatic heterocycles. The van der Waals surface area contributed by atoms with Gasteiger partial charge in [-0.15, -0.1) is 11.3 Å². The Morgan fingerprint density at radius 1 is 0.946 bits per heavy atom. The summed E-state index contributed by atoms with van der Waals surface area (Å²) in [6, 6.07) is 22.1. The number of hydrogen-bond acceptors (Lipinski definition) is 5. The molecule has 6 rings (SSSR count). The number of fused-ring (bicyclic) bond motifs is 1. The van der Waals surface area contributed by atoms with Crippen LogP contribution in [0.5, 0.6) is 0 Å². The van der Waals surface area contributed by atoms with Gasteiger partial charge >= 0.3 is 0 Å². The standard InChI is InChI=1S/C30H30N4O2S/c1-3-33(4-2)21-14-12-19(13-15-21)26-27-23(17-20(18-24(27)35)25-11-8-16-37-25)31-29-28(26)30(36)34(32-29)22-9-6-5-7-10-22/h5-16,20,26,31-32H,3-4,17-18H2,1-2H3. The molecule has 0 saturated carbocycles. The van der Waals surface area contributed by atoms with Crippen LogP contribution in [0.3, 0.4) is 0 Å². The molecule has 3 heterocycles. The molecule has 4 aromatic rings. The SMILES string of the molecule is CCN(CC)c1ccc(C2C3=C(CC(c4cccs4)CC3=O)Nc3[nH]n(-c4ccccc4)c(=O)c32)cc1. The van der Waals surface area contributed by atoms with Gasteiger partial charge in [0, 0.05) is 53.2 Å². The van der Waals surface area contributed by atoms with E-state index in [0.29, 0.717) is 17.8 Å². The number of anilines is 2. The van der Waals surface area contributed by atoms with Gasteiger partial charge in [-0.3, -0.25) is 14.7 Å². The molecule has 7 heteroatoms. The van der Waals surface area contributed by atoms with E-state index in [-0.39, 0.29) is 17.3 Å². The number of nitrogens with zero attached hydrogens (tertiary/aromatic N) is 2. The molecule has 0 saturated heterocycles. The van der Waals surface area contributed by atoms with Crippen molar-refractivity contribution in [1.29, 1.82) is 0 Å². The van der Waals surface area contributed by atoms with Gasteiger partial charge in [-0.1, -0.05) is 36.4 Å². The zero-order chi connectivity index (χ0) is 25.5. The van der Waals surface area contributed by atoms with E-state index in [9.17, 15) is 9.59 Å². The number of H-pyrrole nitrogens is 1. The lowest BCUT2D eigenvalue weighted by atomic mass is 9.74. The van der Waals surface area contributed by atoms with Gasteiger partial charge in [0.05, 0.1) is 11.3 Å². The highest BCUT2D eigenvalue weighted by Crippen LogP contribution is 2.47. The van der Waals surface area contributed by atoms with E-state index >= 15 is 0 Å². The van der Waals surface area contributed by atoms with E-state index in [1.807, 2.05) is 36.4 Å². The zero-order valence-corrected chi connectivity index (χ0v) is 21.8. The average Bonchev–Trinajstić information content (AvgIpc) is 3.58. The Kier molecular flexibility index (Phi) is 6.08. The normalized spacial score (nSPS) is 18.8. The molecule has 0 spiro atoms. The van der Waals surface area contributed by atoms with Crippen molar-refractivity contribution in [2.45, 2.75) is 38.5 Å². The first-order chi connectivity index (χ1) is 18.1. The third kappa shape index (κ3) is 4.03. The van der Waals surface area contributed by atoms with Gasteiger partial charge in [-0.05, 0) is 61.5 Å². The van der Waals surface area contributed by atoms with Gasteiger partial charge in [0.2, 0.25) is 0 Å². The summed E-state index contributed by atoms with van der Waals surface area (Å²) in [4.78, 5) is 31.1. The summed E-state index contributed by atoms with van der Waals surface area (Å²) in [7, 11) is 0. The second kappa shape index (κ2) is 9.56. The maximum atomic E-state index is 13.8. The van der Waals surface area contributed by atoms with Crippen molar-refractivity contribution in [3.63, 3.8) is 0 Å². The minimum absolute atomic E-state index is 0.113. The molecule has 6 nitrogen and oxygen atoms in total. The fourth-order valence-corrected chi connectivity index (χ4v) is 6.61. The van der Waals surface area contributed by atoms with Crippen LogP contribution in [0.2, 0.25) is 0 Å². The molecule has 0 bridgehead atoms. The van der Waals surface area contributed by atoms with Crippen LogP contribution in [-0.2, 0) is 4.79 Å². The third-order valence-corrected chi connectivity index (χ3v) is 8.64. The molecule has 2 atom stereocenters. The van der Waals surface area contributed by atoms with Gasteiger partial charge < -0.3 is 10.2 Å². The molecule has 188 valence electrons. The van der Waals surface area contributed by atoms with E-state index in [2.05, 4.69) is 64.9 Å². The van der Waals surface area contributed by atoms with Gasteiger partial charge in [0.15, 0.2) is 5.78 Å². The van der Waals surface area contributed by atoms with Crippen molar-refractivity contribution in [1.82, 2.24) is 9.78 Å². The van der Waals surface area contributed by atoms with Crippen LogP contribution in [0.25, 0.3) is 5.69 Å². The summed E-state index contributed by atoms with van der Waals surface area (Å²) in [5.74, 6) is 0.518. The smallest absolute Gasteiger partial charge is 0.277 e. The molecule has 2 aromatic carbocycles. The third-order valence-electron chi connectivity index (χ3n) is 7.60. The number of para-hydroxylation sites is 1. The van der Waals surface area contributed by atoms with Crippen molar-refractivity contribution in [2.24, 2.45) is 0 Å². The van der Waals surface area contributed by atoms with E-state index in [1.54, 1.807) is 16.0 Å². The largest absolute Gasteiger partial charge is 0.372 e. The molecular weight excluding hydrogens is 480 g/mol. The monoisotopic (exact) mass is 510 g/mol. The number of ketones is 1. The first kappa shape index (κ1) is 23.6. The van der Waals surface area contributed by atoms with Crippen molar-refractivity contribution in [3.05, 3.63) is 110 Å². The molecule has 0 fully saturated rings. The van der Waals surface area contributed by atoms with Crippen molar-refractivity contribution in [3.8, 4) is 5.69 Å². The number of rotatable bonds is 6. The summed E-state index contributed by atoms with van der Waals surface area (Å²) >= 11 is 1.70. The Bertz CT molecular complexity index is 1510. The number of aromatic amines is 1. The maximum Gasteiger partial charge on any atom is 0.277 e. The van der Waals surface area contributed by atoms with Gasteiger partial charge in [-0.2, -0.15) is 0 Å². The molecule has 2 aliphatic rings. The van der Waals surface area contributed by atoms with E-state index in [1.165, 1.54) is 4.88 Å². The maximum absolute atomic E-state index is 13.8. The lowest BCUT2D eigenvalue weighted by Gasteiger charge is -2.34. The van der Waals surface area contributed by atoms with Crippen LogP contribution < -0.4 is 15.8 Å². The summed E-state index contributed by atoms with van der Waals surface area (Å²) in [6.07, 6.45) is 1.20. The Hall–Kier alpha value is -3.84. The predicted molar refractivity (Wildman–Crippen MR) is 150 cm³/mol. The Morgan fingerprint density at radius 3 is 2.38 bits per heavy atom. The van der Waals surface area contributed by atoms with E-state index < -0.39 is 5.92 Å². The highest BCUT2D eigenvalue weighted by atomic mass is 32.1. The Balaban J connectivity index is 1.49. The second-order valence-corrected chi connectivity index (χ2v) is 10.6. The first-order valence-corrected chi connectivity index (χ1v) is 13.8. The number of thiophene rings is 1. The molecule has 2 N–H and O–H groups in total. The molecule has 37 heavy (non-hydrogen) atoms. The number of carbonyl (C=O) groups excluding carboxylic acids is 1. The van der Waals surface area contributed by atoms with E-state index in [4.69, 9.17) is 0 Å². The van der Waals surface area contributed by atoms with Crippen molar-refractivity contribution in [2.75, 3.05) is 23.3 Å². The average molecular weight is 511 g/mol. The second-order valence-electron chi connectivity index (χ2n) is 9.63. The van der Waals surface area contributed by atoms with Crippen LogP contribution >= 0.6 is 11.3 Å². The van der Waals surface area contributed by atoms with Crippen LogP contribution in [0.15, 0.2) is 88.2 Å². The molecule has 2 unspecified atom stereocenters. The number of hydrogen-bond donors (Lipinski definition) is 2. The highest BCUT2D eigenvalue weighted by Gasteiger charge is 2.41. The molecular formula is C30H30N4O2S. The van der Waals surface area contributed by atoms with E-state index in [0.717, 1.165) is 47.7 Å². The van der Waals surface area contributed by atoms with Gasteiger partial charge in [-0.25, -0.2) is 4.68 Å². The van der Waals surface area contributed by atoms with Crippen LogP contribution in [-0.4, -0.2) is 28.7 Å². The quantitative estimate of drug-likeness (QED) is 0.332. The highest BCUT2D eigenvalue weighted by molar-refractivity contribution is 7.10. The predicted octanol–water partition coefficient (Wildman–Crippen LogP) is 6.03. The molecule has 0 radical (unpaired) electrons. The van der Waals surface area contributed by atoms with Crippen LogP contribution in [0.4, 0.5) is 11.5 Å². The minimum Gasteiger partial charge on any atom is -0.372 e. The lowest BCUT2D eigenvalue weighted by Crippen LogP contribution is -2.31. The summed E-state index contributed by atoms with van der Waals surface area (Å²) in [6.45, 7) is 6.13. The Morgan fingerprint density at radius 2 is 1.70 bits per heavy atom. The number of allylic oxidation sites excluding steroid dienone is 2. The molecule has 1 aliphatic carbocycles. The zero-order valence-electron chi connectivity index (χ0n) is 21.0. The topological polar surface area (TPSA) is 70.1 Å². The summed E-state index contributed by atoms with van der Waals surface area (Å²) in [5.41, 5.74) is 4.98. The summed E-state index contributed by atoms with van der Waals surface area (Å²) < 4.78 is 1.58. The van der Waals surface area contributed by atoms with Crippen LogP contribution in [0.1, 0.15) is 54.5 Å². The fourth-order valence-electron chi connectivity index (χ4n) is 5.78.